The summed E-state index contributed by atoms with van der Waals surface area (Å²) >= 11 is 1.49. The van der Waals surface area contributed by atoms with Gasteiger partial charge in [0.05, 0.1) is 5.56 Å². The summed E-state index contributed by atoms with van der Waals surface area (Å²) in [5.74, 6) is -0.0119. The number of thiophene rings is 1. The summed E-state index contributed by atoms with van der Waals surface area (Å²) in [6.07, 6.45) is 0. The van der Waals surface area contributed by atoms with Gasteiger partial charge in [-0.25, -0.2) is 0 Å². The Morgan fingerprint density at radius 1 is 1.44 bits per heavy atom. The average Bonchev–Trinajstić information content (AvgIpc) is 2.76. The smallest absolute Gasteiger partial charge is 0.252 e. The van der Waals surface area contributed by atoms with Crippen molar-refractivity contribution in [1.82, 2.24) is 5.32 Å². The van der Waals surface area contributed by atoms with Crippen LogP contribution >= 0.6 is 11.3 Å². The molecule has 4 nitrogen and oxygen atoms in total. The maximum Gasteiger partial charge on any atom is 0.252 e. The SMILES string of the molecule is Cc1cscc1C(=O)NCc1cc(N)ccc1O. The number of hydrogen-bond acceptors (Lipinski definition) is 4. The van der Waals surface area contributed by atoms with E-state index in [-0.39, 0.29) is 18.2 Å². The fourth-order valence-electron chi connectivity index (χ4n) is 1.61. The minimum atomic E-state index is -0.143. The second kappa shape index (κ2) is 5.10. The molecule has 5 heteroatoms. The number of nitrogens with one attached hydrogen (secondary N) is 1. The second-order valence-electron chi connectivity index (χ2n) is 4.04. The minimum Gasteiger partial charge on any atom is -0.508 e. The Hall–Kier alpha value is -2.01. The highest BCUT2D eigenvalue weighted by atomic mass is 32.1. The third-order valence-corrected chi connectivity index (χ3v) is 3.50. The number of aryl methyl sites for hydroxylation is 1. The van der Waals surface area contributed by atoms with E-state index in [0.29, 0.717) is 16.8 Å². The quantitative estimate of drug-likeness (QED) is 0.586. The van der Waals surface area contributed by atoms with Gasteiger partial charge in [0.15, 0.2) is 0 Å². The van der Waals surface area contributed by atoms with E-state index in [1.807, 2.05) is 17.7 Å². The molecular formula is C13H14N2O2S. The standard InChI is InChI=1S/C13H14N2O2S/c1-8-6-18-7-11(8)13(17)15-5-9-4-10(14)2-3-12(9)16/h2-4,6-7,16H,5,14H2,1H3,(H,15,17). The van der Waals surface area contributed by atoms with Crippen molar-refractivity contribution in [2.24, 2.45) is 0 Å². The van der Waals surface area contributed by atoms with Crippen LogP contribution in [0.1, 0.15) is 21.5 Å². The Bertz CT molecular complexity index is 578. The minimum absolute atomic E-state index is 0.131. The second-order valence-corrected chi connectivity index (χ2v) is 4.78. The maximum atomic E-state index is 11.9. The molecule has 0 atom stereocenters. The van der Waals surface area contributed by atoms with Crippen LogP contribution in [0.15, 0.2) is 29.0 Å². The molecule has 1 aromatic carbocycles. The van der Waals surface area contributed by atoms with Gasteiger partial charge in [-0.3, -0.25) is 4.79 Å². The van der Waals surface area contributed by atoms with E-state index in [1.165, 1.54) is 17.4 Å². The first kappa shape index (κ1) is 12.4. The van der Waals surface area contributed by atoms with Gasteiger partial charge >= 0.3 is 0 Å². The highest BCUT2D eigenvalue weighted by Gasteiger charge is 2.10. The number of anilines is 1. The lowest BCUT2D eigenvalue weighted by Gasteiger charge is -2.07. The number of nitrogen functional groups attached to an aromatic ring is 1. The van der Waals surface area contributed by atoms with Crippen molar-refractivity contribution in [2.75, 3.05) is 5.73 Å². The Morgan fingerprint density at radius 2 is 2.22 bits per heavy atom. The maximum absolute atomic E-state index is 11.9. The molecule has 0 spiro atoms. The van der Waals surface area contributed by atoms with Crippen molar-refractivity contribution in [3.8, 4) is 5.75 Å². The average molecular weight is 262 g/mol. The monoisotopic (exact) mass is 262 g/mol. The van der Waals surface area contributed by atoms with Gasteiger partial charge in [0.1, 0.15) is 5.75 Å². The lowest BCUT2D eigenvalue weighted by molar-refractivity contribution is 0.0950. The third-order valence-electron chi connectivity index (χ3n) is 2.64. The molecule has 4 N–H and O–H groups in total. The van der Waals surface area contributed by atoms with Crippen molar-refractivity contribution in [2.45, 2.75) is 13.5 Å². The molecule has 0 aliphatic rings. The van der Waals surface area contributed by atoms with Crippen LogP contribution in [0, 0.1) is 6.92 Å². The molecule has 0 saturated heterocycles. The third kappa shape index (κ3) is 2.62. The van der Waals surface area contributed by atoms with E-state index in [4.69, 9.17) is 5.73 Å². The summed E-state index contributed by atoms with van der Waals surface area (Å²) in [6, 6.07) is 4.78. The van der Waals surface area contributed by atoms with Gasteiger partial charge in [0.25, 0.3) is 5.91 Å². The van der Waals surface area contributed by atoms with E-state index < -0.39 is 0 Å². The van der Waals surface area contributed by atoms with Gasteiger partial charge in [0, 0.05) is 23.2 Å². The molecular weight excluding hydrogens is 248 g/mol. The lowest BCUT2D eigenvalue weighted by atomic mass is 10.1. The van der Waals surface area contributed by atoms with Crippen molar-refractivity contribution in [3.05, 3.63) is 45.6 Å². The largest absolute Gasteiger partial charge is 0.508 e. The fourth-order valence-corrected chi connectivity index (χ4v) is 2.44. The normalized spacial score (nSPS) is 10.3. The highest BCUT2D eigenvalue weighted by Crippen LogP contribution is 2.20. The van der Waals surface area contributed by atoms with Gasteiger partial charge in [-0.15, -0.1) is 0 Å². The number of aromatic hydroxyl groups is 1. The molecule has 2 rings (SSSR count). The zero-order valence-electron chi connectivity index (χ0n) is 9.93. The number of phenolic OH excluding ortho intramolecular Hbond substituents is 1. The molecule has 1 aromatic heterocycles. The number of carbonyl (C=O) groups is 1. The number of carbonyl (C=O) groups excluding carboxylic acids is 1. The molecule has 1 heterocycles. The molecule has 0 saturated carbocycles. The van der Waals surface area contributed by atoms with Crippen LogP contribution in [0.25, 0.3) is 0 Å². The van der Waals surface area contributed by atoms with Crippen LogP contribution in [0.4, 0.5) is 5.69 Å². The predicted octanol–water partition coefficient (Wildman–Crippen LogP) is 2.27. The summed E-state index contributed by atoms with van der Waals surface area (Å²) in [5.41, 5.74) is 8.42. The fraction of sp³-hybridized carbons (Fsp3) is 0.154. The summed E-state index contributed by atoms with van der Waals surface area (Å²) in [4.78, 5) is 11.9. The zero-order valence-corrected chi connectivity index (χ0v) is 10.8. The Balaban J connectivity index is 2.06. The first-order chi connectivity index (χ1) is 8.58. The van der Waals surface area contributed by atoms with Crippen molar-refractivity contribution in [1.29, 1.82) is 0 Å². The summed E-state index contributed by atoms with van der Waals surface area (Å²) in [7, 11) is 0. The number of amides is 1. The first-order valence-corrected chi connectivity index (χ1v) is 6.40. The molecule has 94 valence electrons. The zero-order chi connectivity index (χ0) is 13.1. The molecule has 0 aliphatic carbocycles. The van der Waals surface area contributed by atoms with E-state index >= 15 is 0 Å². The predicted molar refractivity (Wildman–Crippen MR) is 72.7 cm³/mol. The van der Waals surface area contributed by atoms with Gasteiger partial charge in [0.2, 0.25) is 0 Å². The lowest BCUT2D eigenvalue weighted by Crippen LogP contribution is -2.23. The molecule has 0 radical (unpaired) electrons. The molecule has 0 aliphatic heterocycles. The highest BCUT2D eigenvalue weighted by molar-refractivity contribution is 7.08. The summed E-state index contributed by atoms with van der Waals surface area (Å²) in [5, 5.41) is 16.1. The van der Waals surface area contributed by atoms with E-state index in [1.54, 1.807) is 12.1 Å². The summed E-state index contributed by atoms with van der Waals surface area (Å²) < 4.78 is 0. The van der Waals surface area contributed by atoms with Gasteiger partial charge < -0.3 is 16.2 Å². The number of nitrogens with two attached hydrogens (primary N) is 1. The van der Waals surface area contributed by atoms with Crippen molar-refractivity contribution in [3.63, 3.8) is 0 Å². The number of hydrogen-bond donors (Lipinski definition) is 3. The van der Waals surface area contributed by atoms with Crippen molar-refractivity contribution >= 4 is 22.9 Å². The molecule has 0 fully saturated rings. The summed E-state index contributed by atoms with van der Waals surface area (Å²) in [6.45, 7) is 2.15. The molecule has 0 unspecified atom stereocenters. The van der Waals surface area contributed by atoms with Gasteiger partial charge in [-0.05, 0) is 36.1 Å². The topological polar surface area (TPSA) is 75.4 Å². The Labute approximate surface area is 109 Å². The van der Waals surface area contributed by atoms with Crippen LogP contribution in [0.2, 0.25) is 0 Å². The Kier molecular flexibility index (Phi) is 3.53. The van der Waals surface area contributed by atoms with E-state index in [9.17, 15) is 9.90 Å². The van der Waals surface area contributed by atoms with Crippen LogP contribution in [-0.4, -0.2) is 11.0 Å². The van der Waals surface area contributed by atoms with E-state index in [2.05, 4.69) is 5.32 Å². The number of phenols is 1. The van der Waals surface area contributed by atoms with Gasteiger partial charge in [-0.1, -0.05) is 0 Å². The Morgan fingerprint density at radius 3 is 2.89 bits per heavy atom. The van der Waals surface area contributed by atoms with E-state index in [0.717, 1.165) is 5.56 Å². The van der Waals surface area contributed by atoms with Crippen LogP contribution < -0.4 is 11.1 Å². The van der Waals surface area contributed by atoms with Crippen LogP contribution in [-0.2, 0) is 6.54 Å². The number of rotatable bonds is 3. The molecule has 2 aromatic rings. The van der Waals surface area contributed by atoms with Crippen LogP contribution in [0.5, 0.6) is 5.75 Å². The first-order valence-electron chi connectivity index (χ1n) is 5.46. The van der Waals surface area contributed by atoms with Gasteiger partial charge in [-0.2, -0.15) is 11.3 Å². The van der Waals surface area contributed by atoms with Crippen LogP contribution in [0.3, 0.4) is 0 Å². The molecule has 18 heavy (non-hydrogen) atoms. The molecule has 1 amide bonds. The van der Waals surface area contributed by atoms with Crippen molar-refractivity contribution < 1.29 is 9.90 Å². The number of benzene rings is 1. The molecule has 0 bridgehead atoms.